The van der Waals surface area contributed by atoms with Gasteiger partial charge in [-0.1, -0.05) is 6.08 Å². The molecule has 0 radical (unpaired) electrons. The predicted molar refractivity (Wildman–Crippen MR) is 46.9 cm³/mol. The first kappa shape index (κ1) is 7.28. The Morgan fingerprint density at radius 3 is 3.33 bits per heavy atom. The second kappa shape index (κ2) is 2.93. The van der Waals surface area contributed by atoms with Crippen LogP contribution in [-0.4, -0.2) is 18.2 Å². The van der Waals surface area contributed by atoms with Crippen LogP contribution in [0.25, 0.3) is 0 Å². The molecular formula is C9H10N2O. The number of nitrogens with one attached hydrogen (secondary N) is 1. The molecule has 62 valence electrons. The van der Waals surface area contributed by atoms with Gasteiger partial charge in [-0.3, -0.25) is 9.79 Å². The van der Waals surface area contributed by atoms with Gasteiger partial charge in [-0.05, 0) is 18.6 Å². The van der Waals surface area contributed by atoms with Crippen LogP contribution in [-0.2, 0) is 4.79 Å². The van der Waals surface area contributed by atoms with Crippen molar-refractivity contribution in [3.05, 3.63) is 23.9 Å². The smallest absolute Gasteiger partial charge is 0.224 e. The van der Waals surface area contributed by atoms with Crippen molar-refractivity contribution in [2.24, 2.45) is 4.99 Å². The van der Waals surface area contributed by atoms with Gasteiger partial charge in [0.2, 0.25) is 5.91 Å². The second-order valence-electron chi connectivity index (χ2n) is 2.91. The van der Waals surface area contributed by atoms with Crippen molar-refractivity contribution in [2.45, 2.75) is 18.9 Å². The second-order valence-corrected chi connectivity index (χ2v) is 2.91. The summed E-state index contributed by atoms with van der Waals surface area (Å²) in [6.07, 6.45) is 8.87. The first-order valence-corrected chi connectivity index (χ1v) is 4.06. The van der Waals surface area contributed by atoms with E-state index in [-0.39, 0.29) is 11.9 Å². The van der Waals surface area contributed by atoms with Crippen LogP contribution in [0.5, 0.6) is 0 Å². The molecule has 12 heavy (non-hydrogen) atoms. The van der Waals surface area contributed by atoms with Gasteiger partial charge in [0.15, 0.2) is 0 Å². The van der Waals surface area contributed by atoms with E-state index in [0.717, 1.165) is 12.1 Å². The molecule has 0 bridgehead atoms. The number of carbonyl (C=O) groups is 1. The number of piperidine rings is 1. The molecular weight excluding hydrogens is 152 g/mol. The summed E-state index contributed by atoms with van der Waals surface area (Å²) in [6.45, 7) is 0. The van der Waals surface area contributed by atoms with Crippen LogP contribution in [0.3, 0.4) is 0 Å². The molecule has 1 atom stereocenters. The lowest BCUT2D eigenvalue weighted by molar-refractivity contribution is -0.121. The average molecular weight is 162 g/mol. The summed E-state index contributed by atoms with van der Waals surface area (Å²) >= 11 is 0. The molecule has 3 heteroatoms. The van der Waals surface area contributed by atoms with E-state index in [9.17, 15) is 4.79 Å². The molecule has 2 aliphatic rings. The van der Waals surface area contributed by atoms with E-state index >= 15 is 0 Å². The minimum atomic E-state index is 0.100. The fraction of sp³-hybridized carbons (Fsp3) is 0.333. The monoisotopic (exact) mass is 162 g/mol. The summed E-state index contributed by atoms with van der Waals surface area (Å²) in [7, 11) is 0. The van der Waals surface area contributed by atoms with Gasteiger partial charge in [-0.15, -0.1) is 0 Å². The lowest BCUT2D eigenvalue weighted by Crippen LogP contribution is -2.34. The largest absolute Gasteiger partial charge is 0.328 e. The summed E-state index contributed by atoms with van der Waals surface area (Å²) in [5.41, 5.74) is 0.927. The zero-order chi connectivity index (χ0) is 8.39. The molecule has 0 aliphatic carbocycles. The number of rotatable bonds is 0. The molecule has 3 nitrogen and oxygen atoms in total. The summed E-state index contributed by atoms with van der Waals surface area (Å²) in [6, 6.07) is 0.165. The molecule has 0 aromatic heterocycles. The number of allylic oxidation sites excluding steroid dienone is 3. The van der Waals surface area contributed by atoms with E-state index < -0.39 is 0 Å². The Balaban J connectivity index is 2.24. The number of nitrogens with zero attached hydrogens (tertiary/aromatic N) is 1. The third-order valence-electron chi connectivity index (χ3n) is 2.03. The SMILES string of the molecule is O=C1CCC2N=CC=CC=C2N1. The number of carbonyl (C=O) groups excluding carboxylic acids is 1. The lowest BCUT2D eigenvalue weighted by atomic mass is 10.0. The van der Waals surface area contributed by atoms with Crippen LogP contribution in [0.15, 0.2) is 28.9 Å². The fourth-order valence-electron chi connectivity index (χ4n) is 1.40. The third kappa shape index (κ3) is 1.30. The summed E-state index contributed by atoms with van der Waals surface area (Å²) in [5.74, 6) is 0.100. The van der Waals surface area contributed by atoms with Crippen molar-refractivity contribution >= 4 is 12.1 Å². The quantitative estimate of drug-likeness (QED) is 0.562. The number of amides is 1. The molecule has 1 unspecified atom stereocenters. The average Bonchev–Trinajstić information content (AvgIpc) is 2.28. The summed E-state index contributed by atoms with van der Waals surface area (Å²) < 4.78 is 0. The van der Waals surface area contributed by atoms with E-state index in [1.807, 2.05) is 18.2 Å². The molecule has 0 saturated carbocycles. The normalized spacial score (nSPS) is 27.2. The van der Waals surface area contributed by atoms with Gasteiger partial charge in [0, 0.05) is 18.3 Å². The molecule has 1 N–H and O–H groups in total. The third-order valence-corrected chi connectivity index (χ3v) is 2.03. The minimum absolute atomic E-state index is 0.100. The van der Waals surface area contributed by atoms with Gasteiger partial charge in [0.25, 0.3) is 0 Å². The molecule has 1 amide bonds. The number of hydrogen-bond acceptors (Lipinski definition) is 2. The molecule has 0 aromatic rings. The highest BCUT2D eigenvalue weighted by molar-refractivity contribution is 5.80. The van der Waals surface area contributed by atoms with Crippen LogP contribution < -0.4 is 5.32 Å². The van der Waals surface area contributed by atoms with Crippen molar-refractivity contribution < 1.29 is 4.79 Å². The van der Waals surface area contributed by atoms with Crippen molar-refractivity contribution in [2.75, 3.05) is 0 Å². The van der Waals surface area contributed by atoms with Gasteiger partial charge < -0.3 is 5.32 Å². The van der Waals surface area contributed by atoms with Crippen LogP contribution in [0.1, 0.15) is 12.8 Å². The Bertz CT molecular complexity index is 289. The maximum atomic E-state index is 11.0. The maximum absolute atomic E-state index is 11.0. The van der Waals surface area contributed by atoms with E-state index in [1.54, 1.807) is 6.21 Å². The lowest BCUT2D eigenvalue weighted by Gasteiger charge is -2.21. The molecule has 2 rings (SSSR count). The molecule has 0 aromatic carbocycles. The molecule has 0 spiro atoms. The molecule has 1 saturated heterocycles. The van der Waals surface area contributed by atoms with Crippen LogP contribution in [0, 0.1) is 0 Å². The van der Waals surface area contributed by atoms with Crippen LogP contribution in [0.2, 0.25) is 0 Å². The first-order chi connectivity index (χ1) is 5.86. The predicted octanol–water partition coefficient (Wildman–Crippen LogP) is 0.789. The highest BCUT2D eigenvalue weighted by Gasteiger charge is 2.21. The maximum Gasteiger partial charge on any atom is 0.224 e. The topological polar surface area (TPSA) is 41.5 Å². The standard InChI is InChI=1S/C9H10N2O/c12-9-5-4-7-8(11-9)3-1-2-6-10-7/h1-3,6-7H,4-5H2,(H,11,12). The van der Waals surface area contributed by atoms with Crippen LogP contribution >= 0.6 is 0 Å². The number of hydrogen-bond donors (Lipinski definition) is 1. The Labute approximate surface area is 70.9 Å². The van der Waals surface area contributed by atoms with Crippen molar-refractivity contribution in [1.29, 1.82) is 0 Å². The minimum Gasteiger partial charge on any atom is -0.328 e. The zero-order valence-electron chi connectivity index (χ0n) is 6.66. The van der Waals surface area contributed by atoms with Crippen molar-refractivity contribution in [3.63, 3.8) is 0 Å². The van der Waals surface area contributed by atoms with Gasteiger partial charge in [-0.25, -0.2) is 0 Å². The molecule has 2 aliphatic heterocycles. The van der Waals surface area contributed by atoms with E-state index in [0.29, 0.717) is 6.42 Å². The fourth-order valence-corrected chi connectivity index (χ4v) is 1.40. The highest BCUT2D eigenvalue weighted by Crippen LogP contribution is 2.17. The first-order valence-electron chi connectivity index (χ1n) is 4.06. The van der Waals surface area contributed by atoms with E-state index in [1.165, 1.54) is 0 Å². The van der Waals surface area contributed by atoms with Gasteiger partial charge in [0.1, 0.15) is 0 Å². The zero-order valence-corrected chi connectivity index (χ0v) is 6.66. The highest BCUT2D eigenvalue weighted by atomic mass is 16.1. The Morgan fingerprint density at radius 1 is 1.50 bits per heavy atom. The Morgan fingerprint density at radius 2 is 2.42 bits per heavy atom. The Kier molecular flexibility index (Phi) is 1.78. The van der Waals surface area contributed by atoms with Crippen molar-refractivity contribution in [1.82, 2.24) is 5.32 Å². The number of aliphatic imine (C=N–C) groups is 1. The van der Waals surface area contributed by atoms with Gasteiger partial charge >= 0.3 is 0 Å². The summed E-state index contributed by atoms with van der Waals surface area (Å²) in [4.78, 5) is 15.3. The van der Waals surface area contributed by atoms with Gasteiger partial charge in [0.05, 0.1) is 6.04 Å². The molecule has 2 heterocycles. The van der Waals surface area contributed by atoms with Crippen LogP contribution in [0.4, 0.5) is 0 Å². The van der Waals surface area contributed by atoms with Crippen molar-refractivity contribution in [3.8, 4) is 0 Å². The summed E-state index contributed by atoms with van der Waals surface area (Å²) in [5, 5.41) is 2.82. The molecule has 1 fully saturated rings. The Hall–Kier alpha value is -1.38. The van der Waals surface area contributed by atoms with Gasteiger partial charge in [-0.2, -0.15) is 0 Å². The van der Waals surface area contributed by atoms with E-state index in [4.69, 9.17) is 0 Å². The van der Waals surface area contributed by atoms with E-state index in [2.05, 4.69) is 10.3 Å². The number of fused-ring (bicyclic) bond motifs is 1.